The van der Waals surface area contributed by atoms with E-state index in [1.54, 1.807) is 12.1 Å². The number of ketones is 1. The summed E-state index contributed by atoms with van der Waals surface area (Å²) in [6.07, 6.45) is 1.76. The van der Waals surface area contributed by atoms with Gasteiger partial charge in [-0.3, -0.25) is 19.7 Å². The monoisotopic (exact) mass is 319 g/mol. The summed E-state index contributed by atoms with van der Waals surface area (Å²) in [6, 6.07) is 6.07. The minimum atomic E-state index is -1.46. The maximum atomic E-state index is 12.5. The first kappa shape index (κ1) is 16.7. The second kappa shape index (κ2) is 6.60. The number of carbonyl (C=O) groups is 2. The molecule has 2 rings (SSSR count). The lowest BCUT2D eigenvalue weighted by Gasteiger charge is -2.31. The zero-order valence-corrected chi connectivity index (χ0v) is 12.9. The summed E-state index contributed by atoms with van der Waals surface area (Å²) in [5, 5.41) is 11.2. The van der Waals surface area contributed by atoms with E-state index in [1.807, 2.05) is 0 Å². The standard InChI is InChI=1S/C16H17NO6/c1-22-12-7-8-16(14(18)9-12,15(19)23-2)10-11-5-3-4-6-13(11)17(20)21/h3-6,9H,7-8,10H2,1-2H3. The maximum Gasteiger partial charge on any atom is 0.320 e. The molecule has 7 nitrogen and oxygen atoms in total. The highest BCUT2D eigenvalue weighted by Gasteiger charge is 2.48. The smallest absolute Gasteiger partial charge is 0.320 e. The zero-order valence-electron chi connectivity index (χ0n) is 12.9. The van der Waals surface area contributed by atoms with E-state index in [0.29, 0.717) is 17.7 Å². The number of esters is 1. The summed E-state index contributed by atoms with van der Waals surface area (Å²) >= 11 is 0. The van der Waals surface area contributed by atoms with Gasteiger partial charge in [-0.1, -0.05) is 18.2 Å². The van der Waals surface area contributed by atoms with E-state index in [1.165, 1.54) is 32.4 Å². The molecule has 23 heavy (non-hydrogen) atoms. The van der Waals surface area contributed by atoms with Crippen molar-refractivity contribution in [1.29, 1.82) is 0 Å². The number of hydrogen-bond acceptors (Lipinski definition) is 6. The van der Waals surface area contributed by atoms with Gasteiger partial charge in [0.25, 0.3) is 5.69 Å². The second-order valence-corrected chi connectivity index (χ2v) is 5.32. The molecule has 1 aliphatic rings. The third-order valence-electron chi connectivity index (χ3n) is 4.08. The molecule has 1 unspecified atom stereocenters. The SMILES string of the molecule is COC(=O)C1(Cc2ccccc2[N+](=O)[O-])CCC(OC)=CC1=O. The van der Waals surface area contributed by atoms with Gasteiger partial charge in [0.05, 0.1) is 24.9 Å². The van der Waals surface area contributed by atoms with Gasteiger partial charge in [0.2, 0.25) is 0 Å². The molecule has 0 fully saturated rings. The number of carbonyl (C=O) groups excluding carboxylic acids is 2. The second-order valence-electron chi connectivity index (χ2n) is 5.32. The molecular weight excluding hydrogens is 302 g/mol. The Morgan fingerprint density at radius 1 is 1.35 bits per heavy atom. The van der Waals surface area contributed by atoms with Crippen LogP contribution in [0.4, 0.5) is 5.69 Å². The van der Waals surface area contributed by atoms with E-state index in [2.05, 4.69) is 0 Å². The number of para-hydroxylation sites is 1. The van der Waals surface area contributed by atoms with Gasteiger partial charge in [0.1, 0.15) is 5.41 Å². The molecule has 0 radical (unpaired) electrons. The van der Waals surface area contributed by atoms with Gasteiger partial charge in [0, 0.05) is 30.5 Å². The Kier molecular flexibility index (Phi) is 4.78. The average molecular weight is 319 g/mol. The summed E-state index contributed by atoms with van der Waals surface area (Å²) in [6.45, 7) is 0. The third-order valence-corrected chi connectivity index (χ3v) is 4.08. The van der Waals surface area contributed by atoms with Crippen molar-refractivity contribution in [1.82, 2.24) is 0 Å². The Labute approximate surface area is 133 Å². The van der Waals surface area contributed by atoms with Gasteiger partial charge in [-0.2, -0.15) is 0 Å². The highest BCUT2D eigenvalue weighted by molar-refractivity contribution is 6.10. The van der Waals surface area contributed by atoms with Crippen molar-refractivity contribution in [2.45, 2.75) is 19.3 Å². The van der Waals surface area contributed by atoms with Crippen LogP contribution in [0.5, 0.6) is 0 Å². The molecule has 122 valence electrons. The quantitative estimate of drug-likeness (QED) is 0.357. The lowest BCUT2D eigenvalue weighted by Crippen LogP contribution is -2.43. The molecule has 1 atom stereocenters. The van der Waals surface area contributed by atoms with Gasteiger partial charge >= 0.3 is 5.97 Å². The Bertz CT molecular complexity index is 681. The van der Waals surface area contributed by atoms with Gasteiger partial charge in [0.15, 0.2) is 5.78 Å². The van der Waals surface area contributed by atoms with E-state index < -0.39 is 22.1 Å². The molecule has 0 saturated heterocycles. The van der Waals surface area contributed by atoms with Crippen molar-refractivity contribution in [3.05, 3.63) is 51.8 Å². The van der Waals surface area contributed by atoms with E-state index >= 15 is 0 Å². The van der Waals surface area contributed by atoms with E-state index in [9.17, 15) is 19.7 Å². The molecule has 1 aromatic rings. The fraction of sp³-hybridized carbons (Fsp3) is 0.375. The summed E-state index contributed by atoms with van der Waals surface area (Å²) < 4.78 is 9.87. The van der Waals surface area contributed by atoms with Gasteiger partial charge in [-0.05, 0) is 6.42 Å². The Morgan fingerprint density at radius 3 is 2.61 bits per heavy atom. The predicted molar refractivity (Wildman–Crippen MR) is 80.6 cm³/mol. The number of rotatable bonds is 5. The Balaban J connectivity index is 2.47. The fourth-order valence-corrected chi connectivity index (χ4v) is 2.79. The molecule has 0 amide bonds. The molecule has 0 aliphatic heterocycles. The lowest BCUT2D eigenvalue weighted by molar-refractivity contribution is -0.385. The molecule has 7 heteroatoms. The number of nitro groups is 1. The average Bonchev–Trinajstić information content (AvgIpc) is 2.56. The third kappa shape index (κ3) is 3.08. The van der Waals surface area contributed by atoms with Crippen molar-refractivity contribution in [2.24, 2.45) is 5.41 Å². The molecule has 0 aromatic heterocycles. The lowest BCUT2D eigenvalue weighted by atomic mass is 9.71. The van der Waals surface area contributed by atoms with Crippen LogP contribution in [0.3, 0.4) is 0 Å². The van der Waals surface area contributed by atoms with Crippen LogP contribution in [0.2, 0.25) is 0 Å². The number of benzene rings is 1. The molecule has 1 aromatic carbocycles. The first-order chi connectivity index (χ1) is 10.9. The van der Waals surface area contributed by atoms with Crippen LogP contribution < -0.4 is 0 Å². The minimum Gasteiger partial charge on any atom is -0.501 e. The van der Waals surface area contributed by atoms with Crippen molar-refractivity contribution in [3.8, 4) is 0 Å². The molecule has 0 N–H and O–H groups in total. The maximum absolute atomic E-state index is 12.5. The number of hydrogen-bond donors (Lipinski definition) is 0. The van der Waals surface area contributed by atoms with Gasteiger partial charge in [-0.25, -0.2) is 0 Å². The van der Waals surface area contributed by atoms with Crippen molar-refractivity contribution in [2.75, 3.05) is 14.2 Å². The molecule has 0 bridgehead atoms. The predicted octanol–water partition coefficient (Wildman–Crippen LogP) is 2.19. The molecule has 1 aliphatic carbocycles. The van der Waals surface area contributed by atoms with Crippen LogP contribution in [-0.4, -0.2) is 30.9 Å². The van der Waals surface area contributed by atoms with E-state index in [0.717, 1.165) is 0 Å². The highest BCUT2D eigenvalue weighted by Crippen LogP contribution is 2.39. The van der Waals surface area contributed by atoms with Gasteiger partial charge < -0.3 is 9.47 Å². The number of allylic oxidation sites excluding steroid dienone is 2. The Morgan fingerprint density at radius 2 is 2.04 bits per heavy atom. The first-order valence-corrected chi connectivity index (χ1v) is 7.04. The fourth-order valence-electron chi connectivity index (χ4n) is 2.79. The molecular formula is C16H17NO6. The van der Waals surface area contributed by atoms with Crippen LogP contribution in [0.25, 0.3) is 0 Å². The molecule has 0 saturated carbocycles. The summed E-state index contributed by atoms with van der Waals surface area (Å²) in [5.74, 6) is -0.658. The number of nitro benzene ring substituents is 1. The van der Waals surface area contributed by atoms with Crippen LogP contribution in [0, 0.1) is 15.5 Å². The van der Waals surface area contributed by atoms with E-state index in [-0.39, 0.29) is 18.5 Å². The van der Waals surface area contributed by atoms with Gasteiger partial charge in [-0.15, -0.1) is 0 Å². The van der Waals surface area contributed by atoms with Crippen molar-refractivity contribution < 1.29 is 24.0 Å². The summed E-state index contributed by atoms with van der Waals surface area (Å²) in [5.41, 5.74) is -1.25. The van der Waals surface area contributed by atoms with Crippen LogP contribution in [0.15, 0.2) is 36.1 Å². The Hall–Kier alpha value is -2.70. The normalized spacial score (nSPS) is 20.6. The zero-order chi connectivity index (χ0) is 17.0. The minimum absolute atomic E-state index is 0.0802. The molecule has 0 spiro atoms. The summed E-state index contributed by atoms with van der Waals surface area (Å²) in [7, 11) is 2.65. The van der Waals surface area contributed by atoms with Crippen LogP contribution >= 0.6 is 0 Å². The number of methoxy groups -OCH3 is 2. The summed E-state index contributed by atoms with van der Waals surface area (Å²) in [4.78, 5) is 35.5. The van der Waals surface area contributed by atoms with Crippen LogP contribution in [0.1, 0.15) is 18.4 Å². The van der Waals surface area contributed by atoms with Crippen LogP contribution in [-0.2, 0) is 25.5 Å². The number of nitrogens with zero attached hydrogens (tertiary/aromatic N) is 1. The molecule has 0 heterocycles. The van der Waals surface area contributed by atoms with Crippen molar-refractivity contribution in [3.63, 3.8) is 0 Å². The topological polar surface area (TPSA) is 95.7 Å². The van der Waals surface area contributed by atoms with E-state index in [4.69, 9.17) is 9.47 Å². The van der Waals surface area contributed by atoms with Crippen molar-refractivity contribution >= 4 is 17.4 Å². The first-order valence-electron chi connectivity index (χ1n) is 7.04. The highest BCUT2D eigenvalue weighted by atomic mass is 16.6. The largest absolute Gasteiger partial charge is 0.501 e. The number of ether oxygens (including phenoxy) is 2.